The predicted octanol–water partition coefficient (Wildman–Crippen LogP) is 5.00. The van der Waals surface area contributed by atoms with Gasteiger partial charge in [0.25, 0.3) is 0 Å². The maximum Gasteiger partial charge on any atom is 0.178 e. The van der Waals surface area contributed by atoms with Crippen LogP contribution in [-0.2, 0) is 20.8 Å². The largest absolute Gasteiger partial charge is 0.299 e. The van der Waals surface area contributed by atoms with Crippen molar-refractivity contribution in [2.75, 3.05) is 0 Å². The molecule has 5 atom stereocenters. The number of hydrogen-bond donors (Lipinski definition) is 0. The average molecular weight is 445 g/mol. The standard InChI is InChI=1S/C28H28O3S/c1-17(29)25-22(26(32-31)18-7-5-4-6-8-18)16-24-21-10-9-19-15-20(30)11-13-27(19,2)23(21)12-14-28(24,25)3/h4-8,11-13,15-16,21,24-25H,9-10,14H2,1-3H3/t21-,24+,25+,27+,28+/m1/s1. The van der Waals surface area contributed by atoms with Gasteiger partial charge in [-0.05, 0) is 73.6 Å². The van der Waals surface area contributed by atoms with Crippen molar-refractivity contribution < 1.29 is 13.8 Å². The Kier molecular flexibility index (Phi) is 4.97. The van der Waals surface area contributed by atoms with Gasteiger partial charge >= 0.3 is 0 Å². The van der Waals surface area contributed by atoms with Gasteiger partial charge in [0.1, 0.15) is 5.78 Å². The Bertz CT molecular complexity index is 1190. The second kappa shape index (κ2) is 7.48. The minimum atomic E-state index is -0.282. The smallest absolute Gasteiger partial charge is 0.178 e. The molecule has 32 heavy (non-hydrogen) atoms. The molecular weight excluding hydrogens is 416 g/mol. The third-order valence-electron chi connectivity index (χ3n) is 8.36. The first-order chi connectivity index (χ1) is 15.3. The predicted molar refractivity (Wildman–Crippen MR) is 128 cm³/mol. The zero-order chi connectivity index (χ0) is 22.7. The summed E-state index contributed by atoms with van der Waals surface area (Å²) in [5.74, 6) is 0.427. The van der Waals surface area contributed by atoms with Crippen LogP contribution in [0.4, 0.5) is 0 Å². The lowest BCUT2D eigenvalue weighted by Crippen LogP contribution is -2.45. The van der Waals surface area contributed by atoms with Crippen molar-refractivity contribution >= 4 is 27.7 Å². The molecule has 0 unspecified atom stereocenters. The van der Waals surface area contributed by atoms with E-state index in [1.165, 1.54) is 11.1 Å². The van der Waals surface area contributed by atoms with E-state index in [4.69, 9.17) is 0 Å². The molecule has 1 fully saturated rings. The Morgan fingerprint density at radius 3 is 2.59 bits per heavy atom. The molecule has 0 heterocycles. The van der Waals surface area contributed by atoms with Crippen molar-refractivity contribution in [1.29, 1.82) is 0 Å². The highest BCUT2D eigenvalue weighted by molar-refractivity contribution is 7.67. The van der Waals surface area contributed by atoms with E-state index in [1.54, 1.807) is 13.0 Å². The van der Waals surface area contributed by atoms with Gasteiger partial charge in [-0.2, -0.15) is 0 Å². The van der Waals surface area contributed by atoms with Gasteiger partial charge in [-0.1, -0.05) is 66.6 Å². The monoisotopic (exact) mass is 444 g/mol. The van der Waals surface area contributed by atoms with Crippen molar-refractivity contribution in [3.63, 3.8) is 0 Å². The van der Waals surface area contributed by atoms with Crippen molar-refractivity contribution in [3.05, 3.63) is 83.0 Å². The van der Waals surface area contributed by atoms with E-state index in [1.807, 2.05) is 36.4 Å². The maximum atomic E-state index is 13.0. The lowest BCUT2D eigenvalue weighted by atomic mass is 9.51. The summed E-state index contributed by atoms with van der Waals surface area (Å²) < 4.78 is 12.3. The van der Waals surface area contributed by atoms with Gasteiger partial charge in [-0.15, -0.1) is 0 Å². The molecule has 1 saturated carbocycles. The SMILES string of the molecule is CC(=O)[C@H]1C(C(=S=O)c2ccccc2)=C[C@H]2[C@@H]3CCC4=CC(=O)C=C[C@]4(C)C3=CC[C@]12C. The fraction of sp³-hybridized carbons (Fsp3) is 0.393. The molecule has 4 aliphatic rings. The molecule has 4 heteroatoms. The molecule has 1 aromatic carbocycles. The molecule has 0 amide bonds. The van der Waals surface area contributed by atoms with Crippen LogP contribution in [0.3, 0.4) is 0 Å². The number of allylic oxidation sites excluding steroid dienone is 8. The van der Waals surface area contributed by atoms with Crippen LogP contribution < -0.4 is 0 Å². The lowest BCUT2D eigenvalue weighted by molar-refractivity contribution is -0.123. The first kappa shape index (κ1) is 21.3. The van der Waals surface area contributed by atoms with Gasteiger partial charge in [0.05, 0.1) is 16.1 Å². The number of hydrogen-bond acceptors (Lipinski definition) is 3. The zero-order valence-corrected chi connectivity index (χ0v) is 19.6. The Hall–Kier alpha value is -2.59. The molecule has 4 aliphatic carbocycles. The highest BCUT2D eigenvalue weighted by Gasteiger charge is 2.57. The Labute approximate surface area is 193 Å². The second-order valence-corrected chi connectivity index (χ2v) is 10.7. The van der Waals surface area contributed by atoms with E-state index >= 15 is 0 Å². The highest BCUT2D eigenvalue weighted by Crippen LogP contribution is 2.63. The second-order valence-electron chi connectivity index (χ2n) is 10.1. The normalized spacial score (nSPS) is 35.0. The van der Waals surface area contributed by atoms with Crippen LogP contribution in [0.15, 0.2) is 77.4 Å². The average Bonchev–Trinajstić information content (AvgIpc) is 3.08. The molecule has 0 spiro atoms. The number of benzene rings is 1. The van der Waals surface area contributed by atoms with E-state index < -0.39 is 0 Å². The van der Waals surface area contributed by atoms with Gasteiger partial charge in [0, 0.05) is 11.3 Å². The lowest BCUT2D eigenvalue weighted by Gasteiger charge is -2.52. The molecule has 5 rings (SSSR count). The summed E-state index contributed by atoms with van der Waals surface area (Å²) in [7, 11) is 0. The highest BCUT2D eigenvalue weighted by atomic mass is 32.1. The van der Waals surface area contributed by atoms with Crippen LogP contribution in [0.1, 0.15) is 45.6 Å². The van der Waals surface area contributed by atoms with Crippen molar-refractivity contribution in [1.82, 2.24) is 0 Å². The molecule has 0 saturated heterocycles. The van der Waals surface area contributed by atoms with Gasteiger partial charge in [0.15, 0.2) is 5.78 Å². The number of rotatable bonds is 3. The molecule has 0 radical (unpaired) electrons. The summed E-state index contributed by atoms with van der Waals surface area (Å²) >= 11 is 0.504. The number of fused-ring (bicyclic) bond motifs is 5. The first-order valence-electron chi connectivity index (χ1n) is 11.4. The summed E-state index contributed by atoms with van der Waals surface area (Å²) in [6, 6.07) is 9.72. The van der Waals surface area contributed by atoms with E-state index in [2.05, 4.69) is 32.1 Å². The number of carbonyl (C=O) groups is 2. The maximum absolute atomic E-state index is 13.0. The van der Waals surface area contributed by atoms with E-state index in [0.717, 1.165) is 30.4 Å². The van der Waals surface area contributed by atoms with E-state index in [9.17, 15) is 13.8 Å². The fourth-order valence-electron chi connectivity index (χ4n) is 6.86. The first-order valence-corrected chi connectivity index (χ1v) is 12.1. The topological polar surface area (TPSA) is 51.2 Å². The minimum Gasteiger partial charge on any atom is -0.299 e. The summed E-state index contributed by atoms with van der Waals surface area (Å²) in [6.07, 6.45) is 12.8. The number of carbonyl (C=O) groups excluding carboxylic acids is 2. The van der Waals surface area contributed by atoms with E-state index in [0.29, 0.717) is 22.0 Å². The molecule has 0 bridgehead atoms. The van der Waals surface area contributed by atoms with Gasteiger partial charge in [0.2, 0.25) is 0 Å². The molecular formula is C28H28O3S. The third kappa shape index (κ3) is 2.96. The quantitative estimate of drug-likeness (QED) is 0.375. The van der Waals surface area contributed by atoms with Crippen LogP contribution in [0.25, 0.3) is 0 Å². The third-order valence-corrected chi connectivity index (χ3v) is 9.00. The van der Waals surface area contributed by atoms with Gasteiger partial charge in [-0.3, -0.25) is 9.59 Å². The van der Waals surface area contributed by atoms with Crippen LogP contribution >= 0.6 is 0 Å². The van der Waals surface area contributed by atoms with Crippen LogP contribution in [0.2, 0.25) is 0 Å². The summed E-state index contributed by atoms with van der Waals surface area (Å²) in [5.41, 5.74) is 3.91. The number of ketones is 2. The molecule has 164 valence electrons. The fourth-order valence-corrected chi connectivity index (χ4v) is 7.37. The summed E-state index contributed by atoms with van der Waals surface area (Å²) in [5, 5.41) is 0. The summed E-state index contributed by atoms with van der Waals surface area (Å²) in [4.78, 5) is 25.7. The zero-order valence-electron chi connectivity index (χ0n) is 18.8. The Balaban J connectivity index is 1.62. The van der Waals surface area contributed by atoms with Crippen molar-refractivity contribution in [3.8, 4) is 0 Å². The minimum absolute atomic E-state index is 0.0754. The number of Topliss-reactive ketones (excluding diaryl/α,β-unsaturated/α-hetero) is 1. The van der Waals surface area contributed by atoms with E-state index in [-0.39, 0.29) is 34.2 Å². The molecule has 0 aromatic heterocycles. The van der Waals surface area contributed by atoms with Crippen molar-refractivity contribution in [2.24, 2.45) is 28.6 Å². The van der Waals surface area contributed by atoms with Crippen LogP contribution in [0, 0.1) is 28.6 Å². The Morgan fingerprint density at radius 2 is 1.91 bits per heavy atom. The van der Waals surface area contributed by atoms with Crippen LogP contribution in [-0.4, -0.2) is 20.6 Å². The summed E-state index contributed by atoms with van der Waals surface area (Å²) in [6.45, 7) is 6.12. The Morgan fingerprint density at radius 1 is 1.16 bits per heavy atom. The molecule has 1 aromatic rings. The molecule has 0 aliphatic heterocycles. The van der Waals surface area contributed by atoms with Crippen LogP contribution in [0.5, 0.6) is 0 Å². The van der Waals surface area contributed by atoms with Crippen molar-refractivity contribution in [2.45, 2.75) is 40.0 Å². The van der Waals surface area contributed by atoms with Gasteiger partial charge < -0.3 is 0 Å². The molecule has 3 nitrogen and oxygen atoms in total. The van der Waals surface area contributed by atoms with Gasteiger partial charge in [-0.25, -0.2) is 4.21 Å². The molecule has 0 N–H and O–H groups in total.